The van der Waals surface area contributed by atoms with Crippen molar-refractivity contribution in [2.75, 3.05) is 18.5 Å². The number of benzene rings is 1. The van der Waals surface area contributed by atoms with E-state index in [0.717, 1.165) is 5.56 Å². The smallest absolute Gasteiger partial charge is 0.280 e. The second-order valence-corrected chi connectivity index (χ2v) is 8.61. The lowest BCUT2D eigenvalue weighted by molar-refractivity contribution is -0.187. The van der Waals surface area contributed by atoms with Crippen LogP contribution in [0.4, 0.5) is 5.95 Å². The Bertz CT molecular complexity index is 1220. The molecule has 3 aromatic rings. The Balaban J connectivity index is 1.45. The first-order valence-corrected chi connectivity index (χ1v) is 10.8. The summed E-state index contributed by atoms with van der Waals surface area (Å²) >= 11 is 0. The van der Waals surface area contributed by atoms with E-state index in [1.165, 1.54) is 6.33 Å². The van der Waals surface area contributed by atoms with Crippen LogP contribution in [0.5, 0.6) is 0 Å². The fourth-order valence-electron chi connectivity index (χ4n) is 4.17. The van der Waals surface area contributed by atoms with Crippen LogP contribution < -0.4 is 10.9 Å². The number of carbonyl (C=O) groups is 1. The molecule has 3 N–H and O–H groups in total. The molecule has 0 aliphatic carbocycles. The number of aliphatic hydroxyl groups excluding tert-OH is 1. The SMILES string of the molecule is CC(C)C(=O)Nc1nc2c(ncn2[C@@H]2O[C@@]3(CO)CO[C@@H]2[C@@H]3OCc2ccccc2)c(=O)[nH]1. The molecule has 2 saturated heterocycles. The predicted molar refractivity (Wildman–Crippen MR) is 116 cm³/mol. The second-order valence-electron chi connectivity index (χ2n) is 8.61. The van der Waals surface area contributed by atoms with Crippen LogP contribution in [0.15, 0.2) is 41.5 Å². The Kier molecular flexibility index (Phi) is 5.49. The largest absolute Gasteiger partial charge is 0.393 e. The highest BCUT2D eigenvalue weighted by atomic mass is 16.7. The van der Waals surface area contributed by atoms with Crippen molar-refractivity contribution in [1.29, 1.82) is 0 Å². The zero-order valence-electron chi connectivity index (χ0n) is 18.2. The molecule has 2 aliphatic heterocycles. The molecule has 1 amide bonds. The third kappa shape index (κ3) is 3.72. The maximum absolute atomic E-state index is 12.5. The van der Waals surface area contributed by atoms with Gasteiger partial charge in [0.2, 0.25) is 11.9 Å². The zero-order valence-corrected chi connectivity index (χ0v) is 18.2. The first kappa shape index (κ1) is 21.7. The number of imidazole rings is 1. The van der Waals surface area contributed by atoms with Crippen LogP contribution in [0.2, 0.25) is 0 Å². The normalized spacial score (nSPS) is 26.4. The van der Waals surface area contributed by atoms with E-state index in [4.69, 9.17) is 14.2 Å². The van der Waals surface area contributed by atoms with E-state index >= 15 is 0 Å². The molecule has 0 spiro atoms. The minimum Gasteiger partial charge on any atom is -0.393 e. The summed E-state index contributed by atoms with van der Waals surface area (Å²) in [4.78, 5) is 35.7. The molecule has 33 heavy (non-hydrogen) atoms. The van der Waals surface area contributed by atoms with E-state index in [2.05, 4.69) is 20.3 Å². The molecule has 4 heterocycles. The Morgan fingerprint density at radius 2 is 2.18 bits per heavy atom. The van der Waals surface area contributed by atoms with Gasteiger partial charge < -0.3 is 19.3 Å². The Morgan fingerprint density at radius 1 is 1.39 bits per heavy atom. The van der Waals surface area contributed by atoms with Crippen LogP contribution in [0.1, 0.15) is 25.6 Å². The molecular weight excluding hydrogens is 430 g/mol. The maximum atomic E-state index is 12.5. The molecule has 4 atom stereocenters. The van der Waals surface area contributed by atoms with Crippen molar-refractivity contribution in [3.8, 4) is 0 Å². The van der Waals surface area contributed by atoms with Gasteiger partial charge in [0.05, 0.1) is 26.1 Å². The van der Waals surface area contributed by atoms with Crippen LogP contribution >= 0.6 is 0 Å². The van der Waals surface area contributed by atoms with E-state index in [-0.39, 0.29) is 42.2 Å². The number of amides is 1. The number of aromatic amines is 1. The Labute approximate surface area is 188 Å². The highest BCUT2D eigenvalue weighted by Gasteiger charge is 2.63. The molecule has 2 aliphatic rings. The number of nitrogens with one attached hydrogen (secondary N) is 2. The quantitative estimate of drug-likeness (QED) is 0.478. The number of ether oxygens (including phenoxy) is 3. The van der Waals surface area contributed by atoms with Crippen molar-refractivity contribution in [2.45, 2.75) is 44.5 Å². The van der Waals surface area contributed by atoms with Gasteiger partial charge in [0.1, 0.15) is 17.8 Å². The summed E-state index contributed by atoms with van der Waals surface area (Å²) in [6.07, 6.45) is -0.366. The van der Waals surface area contributed by atoms with Crippen molar-refractivity contribution in [3.63, 3.8) is 0 Å². The Hall–Kier alpha value is -3.12. The monoisotopic (exact) mass is 455 g/mol. The molecule has 5 rings (SSSR count). The number of rotatable bonds is 7. The second kappa shape index (κ2) is 8.34. The lowest BCUT2D eigenvalue weighted by atomic mass is 10.00. The van der Waals surface area contributed by atoms with Gasteiger partial charge in [0.15, 0.2) is 17.4 Å². The topological polar surface area (TPSA) is 141 Å². The number of nitrogens with zero attached hydrogens (tertiary/aromatic N) is 3. The number of H-pyrrole nitrogens is 1. The van der Waals surface area contributed by atoms with Crippen molar-refractivity contribution in [1.82, 2.24) is 19.5 Å². The number of hydrogen-bond donors (Lipinski definition) is 3. The highest BCUT2D eigenvalue weighted by molar-refractivity contribution is 5.91. The fourth-order valence-corrected chi connectivity index (χ4v) is 4.17. The average molecular weight is 455 g/mol. The van der Waals surface area contributed by atoms with Gasteiger partial charge >= 0.3 is 0 Å². The molecule has 2 fully saturated rings. The summed E-state index contributed by atoms with van der Waals surface area (Å²) in [5.74, 6) is -0.549. The van der Waals surface area contributed by atoms with Gasteiger partial charge in [-0.3, -0.25) is 24.5 Å². The van der Waals surface area contributed by atoms with Crippen LogP contribution in [-0.2, 0) is 25.6 Å². The predicted octanol–water partition coefficient (Wildman–Crippen LogP) is 0.958. The number of fused-ring (bicyclic) bond motifs is 3. The van der Waals surface area contributed by atoms with Gasteiger partial charge in [-0.2, -0.15) is 4.98 Å². The standard InChI is InChI=1S/C22H25N5O6/c1-12(2)18(29)25-21-24-17-14(19(30)26-21)23-11-27(17)20-15-16(22(9-28,33-20)10-32-15)31-8-13-6-4-3-5-7-13/h3-7,11-12,15-16,20,28H,8-10H2,1-2H3,(H2,24,25,26,29,30)/t15-,16+,20-,22+/m1/s1. The van der Waals surface area contributed by atoms with Crippen molar-refractivity contribution in [3.05, 3.63) is 52.6 Å². The van der Waals surface area contributed by atoms with E-state index in [1.54, 1.807) is 18.4 Å². The molecule has 0 unspecified atom stereocenters. The molecule has 11 nitrogen and oxygen atoms in total. The minimum absolute atomic E-state index is 0.0192. The average Bonchev–Trinajstić information content (AvgIpc) is 3.48. The van der Waals surface area contributed by atoms with Crippen LogP contribution in [0.25, 0.3) is 11.2 Å². The van der Waals surface area contributed by atoms with Crippen molar-refractivity contribution >= 4 is 23.0 Å². The molecule has 11 heteroatoms. The van der Waals surface area contributed by atoms with Gasteiger partial charge in [0.25, 0.3) is 5.56 Å². The van der Waals surface area contributed by atoms with Gasteiger partial charge in [-0.25, -0.2) is 4.98 Å². The zero-order chi connectivity index (χ0) is 23.2. The summed E-state index contributed by atoms with van der Waals surface area (Å²) < 4.78 is 19.9. The van der Waals surface area contributed by atoms with E-state index in [1.807, 2.05) is 30.3 Å². The first-order chi connectivity index (χ1) is 15.9. The number of aromatic nitrogens is 4. The third-order valence-corrected chi connectivity index (χ3v) is 5.99. The van der Waals surface area contributed by atoms with Gasteiger partial charge in [-0.15, -0.1) is 0 Å². The third-order valence-electron chi connectivity index (χ3n) is 5.99. The molecule has 2 bridgehead atoms. The molecule has 174 valence electrons. The highest BCUT2D eigenvalue weighted by Crippen LogP contribution is 2.47. The molecule has 1 aromatic carbocycles. The summed E-state index contributed by atoms with van der Waals surface area (Å²) in [7, 11) is 0. The van der Waals surface area contributed by atoms with Crippen LogP contribution in [-0.4, -0.2) is 61.6 Å². The van der Waals surface area contributed by atoms with Gasteiger partial charge in [-0.05, 0) is 5.56 Å². The van der Waals surface area contributed by atoms with Gasteiger partial charge in [0, 0.05) is 5.92 Å². The molecule has 2 aromatic heterocycles. The summed E-state index contributed by atoms with van der Waals surface area (Å²) in [5, 5.41) is 12.7. The number of carbonyl (C=O) groups excluding carboxylic acids is 1. The lowest BCUT2D eigenvalue weighted by Crippen LogP contribution is -2.45. The minimum atomic E-state index is -1.05. The maximum Gasteiger partial charge on any atom is 0.280 e. The number of aliphatic hydroxyl groups is 1. The molecular formula is C22H25N5O6. The van der Waals surface area contributed by atoms with Crippen LogP contribution in [0.3, 0.4) is 0 Å². The van der Waals surface area contributed by atoms with Crippen molar-refractivity contribution in [2.24, 2.45) is 5.92 Å². The Morgan fingerprint density at radius 3 is 2.91 bits per heavy atom. The molecule has 0 saturated carbocycles. The summed E-state index contributed by atoms with van der Waals surface area (Å²) in [5.41, 5.74) is -0.218. The van der Waals surface area contributed by atoms with Crippen molar-refractivity contribution < 1.29 is 24.1 Å². The molecule has 0 radical (unpaired) electrons. The van der Waals surface area contributed by atoms with E-state index < -0.39 is 29.6 Å². The lowest BCUT2D eigenvalue weighted by Gasteiger charge is -2.29. The number of anilines is 1. The number of hydrogen-bond acceptors (Lipinski definition) is 8. The van der Waals surface area contributed by atoms with E-state index in [0.29, 0.717) is 6.61 Å². The first-order valence-electron chi connectivity index (χ1n) is 10.8. The van der Waals surface area contributed by atoms with E-state index in [9.17, 15) is 14.7 Å². The van der Waals surface area contributed by atoms with Crippen LogP contribution in [0, 0.1) is 5.92 Å². The van der Waals surface area contributed by atoms with Gasteiger partial charge in [-0.1, -0.05) is 44.2 Å². The summed E-state index contributed by atoms with van der Waals surface area (Å²) in [6, 6.07) is 9.69. The summed E-state index contributed by atoms with van der Waals surface area (Å²) in [6.45, 7) is 3.69. The fraction of sp³-hybridized carbons (Fsp3) is 0.455.